The molecule has 0 spiro atoms. The zero-order chi connectivity index (χ0) is 19.8. The van der Waals surface area contributed by atoms with E-state index in [0.29, 0.717) is 5.69 Å². The molecule has 1 fully saturated rings. The number of hydrogen-bond donors (Lipinski definition) is 4. The van der Waals surface area contributed by atoms with Gasteiger partial charge in [0, 0.05) is 11.8 Å². The molecule has 4 atom stereocenters. The Morgan fingerprint density at radius 3 is 2.54 bits per heavy atom. The molecule has 3 heterocycles. The molecule has 1 unspecified atom stereocenters. The molecule has 0 amide bonds. The van der Waals surface area contributed by atoms with Gasteiger partial charge >= 0.3 is 5.69 Å². The van der Waals surface area contributed by atoms with E-state index in [0.717, 1.165) is 16.3 Å². The van der Waals surface area contributed by atoms with Crippen LogP contribution in [0.25, 0.3) is 16.9 Å². The number of aromatic nitrogens is 5. The van der Waals surface area contributed by atoms with Crippen molar-refractivity contribution in [1.82, 2.24) is 24.5 Å². The third kappa shape index (κ3) is 3.05. The number of aromatic amines is 1. The lowest BCUT2D eigenvalue weighted by atomic mass is 10.1. The summed E-state index contributed by atoms with van der Waals surface area (Å²) >= 11 is 0. The second kappa shape index (κ2) is 7.13. The number of hydrogen-bond acceptors (Lipinski definition) is 8. The first kappa shape index (κ1) is 18.3. The van der Waals surface area contributed by atoms with Gasteiger partial charge in [-0.3, -0.25) is 14.3 Å². The SMILES string of the molecule is O=c1[nH]c(=O)n([C@@H]2O[C@H](CO)C(O)[C@@H]2O)cc1-n1cc(-c2ccccc2)nn1. The van der Waals surface area contributed by atoms with E-state index >= 15 is 0 Å². The van der Waals surface area contributed by atoms with Gasteiger partial charge in [0.15, 0.2) is 6.23 Å². The molecule has 4 rings (SSSR count). The minimum atomic E-state index is -1.47. The predicted octanol–water partition coefficient (Wildman–Crippen LogP) is -1.60. The second-order valence-corrected chi connectivity index (χ2v) is 6.32. The molecule has 4 N–H and O–H groups in total. The summed E-state index contributed by atoms with van der Waals surface area (Å²) in [5, 5.41) is 37.2. The molecule has 11 heteroatoms. The van der Waals surface area contributed by atoms with Gasteiger partial charge in [-0.25, -0.2) is 9.48 Å². The molecule has 0 radical (unpaired) electrons. The van der Waals surface area contributed by atoms with Gasteiger partial charge in [-0.1, -0.05) is 35.5 Å². The monoisotopic (exact) mass is 387 g/mol. The Morgan fingerprint density at radius 2 is 1.86 bits per heavy atom. The highest BCUT2D eigenvalue weighted by Gasteiger charge is 2.43. The number of nitrogens with one attached hydrogen (secondary N) is 1. The summed E-state index contributed by atoms with van der Waals surface area (Å²) in [4.78, 5) is 26.6. The molecule has 1 aliphatic rings. The lowest BCUT2D eigenvalue weighted by Gasteiger charge is -2.17. The second-order valence-electron chi connectivity index (χ2n) is 6.32. The van der Waals surface area contributed by atoms with Crippen molar-refractivity contribution in [3.05, 3.63) is 63.6 Å². The van der Waals surface area contributed by atoms with Crippen LogP contribution in [0.5, 0.6) is 0 Å². The molecule has 3 aromatic rings. The Bertz CT molecular complexity index is 1090. The number of rotatable bonds is 4. The van der Waals surface area contributed by atoms with Crippen LogP contribution in [0.1, 0.15) is 6.23 Å². The summed E-state index contributed by atoms with van der Waals surface area (Å²) in [5.41, 5.74) is -0.274. The van der Waals surface area contributed by atoms with Crippen molar-refractivity contribution in [2.24, 2.45) is 0 Å². The molecule has 1 aromatic carbocycles. The number of nitrogens with zero attached hydrogens (tertiary/aromatic N) is 4. The molecular weight excluding hydrogens is 370 g/mol. The molecule has 28 heavy (non-hydrogen) atoms. The van der Waals surface area contributed by atoms with E-state index in [4.69, 9.17) is 4.74 Å². The normalized spacial score (nSPS) is 24.5. The predicted molar refractivity (Wildman–Crippen MR) is 94.7 cm³/mol. The zero-order valence-corrected chi connectivity index (χ0v) is 14.4. The van der Waals surface area contributed by atoms with Crippen LogP contribution in [0.2, 0.25) is 0 Å². The average Bonchev–Trinajstić information content (AvgIpc) is 3.29. The van der Waals surface area contributed by atoms with Crippen LogP contribution < -0.4 is 11.2 Å². The van der Waals surface area contributed by atoms with Crippen molar-refractivity contribution in [1.29, 1.82) is 0 Å². The first-order valence-corrected chi connectivity index (χ1v) is 8.45. The first-order valence-electron chi connectivity index (χ1n) is 8.45. The maximum absolute atomic E-state index is 12.3. The molecule has 11 nitrogen and oxygen atoms in total. The van der Waals surface area contributed by atoms with E-state index in [9.17, 15) is 24.9 Å². The summed E-state index contributed by atoms with van der Waals surface area (Å²) in [7, 11) is 0. The van der Waals surface area contributed by atoms with E-state index in [-0.39, 0.29) is 5.69 Å². The molecule has 0 saturated carbocycles. The minimum Gasteiger partial charge on any atom is -0.394 e. The molecule has 0 bridgehead atoms. The average molecular weight is 387 g/mol. The number of ether oxygens (including phenoxy) is 1. The quantitative estimate of drug-likeness (QED) is 0.417. The van der Waals surface area contributed by atoms with Crippen LogP contribution in [-0.4, -0.2) is 64.8 Å². The van der Waals surface area contributed by atoms with Gasteiger partial charge in [-0.05, 0) is 0 Å². The Kier molecular flexibility index (Phi) is 4.65. The molecule has 1 aliphatic heterocycles. The van der Waals surface area contributed by atoms with Crippen molar-refractivity contribution in [2.75, 3.05) is 6.61 Å². The number of benzene rings is 1. The highest BCUT2D eigenvalue weighted by molar-refractivity contribution is 5.57. The molecule has 0 aliphatic carbocycles. The fourth-order valence-electron chi connectivity index (χ4n) is 3.06. The fraction of sp³-hybridized carbons (Fsp3) is 0.294. The van der Waals surface area contributed by atoms with E-state index in [2.05, 4.69) is 15.3 Å². The first-order chi connectivity index (χ1) is 13.5. The Hall–Kier alpha value is -3.12. The van der Waals surface area contributed by atoms with E-state index in [1.807, 2.05) is 30.3 Å². The number of aliphatic hydroxyl groups excluding tert-OH is 3. The Balaban J connectivity index is 1.74. The van der Waals surface area contributed by atoms with Gasteiger partial charge in [0.2, 0.25) is 0 Å². The van der Waals surface area contributed by atoms with Crippen molar-refractivity contribution < 1.29 is 20.1 Å². The van der Waals surface area contributed by atoms with Gasteiger partial charge in [-0.2, -0.15) is 0 Å². The van der Waals surface area contributed by atoms with Gasteiger partial charge in [0.25, 0.3) is 5.56 Å². The third-order valence-corrected chi connectivity index (χ3v) is 4.55. The highest BCUT2D eigenvalue weighted by Crippen LogP contribution is 2.28. The van der Waals surface area contributed by atoms with Crippen LogP contribution in [0.15, 0.2) is 52.3 Å². The van der Waals surface area contributed by atoms with Crippen molar-refractivity contribution >= 4 is 0 Å². The topological polar surface area (TPSA) is 155 Å². The fourth-order valence-corrected chi connectivity index (χ4v) is 3.06. The van der Waals surface area contributed by atoms with Crippen LogP contribution in [0.4, 0.5) is 0 Å². The van der Waals surface area contributed by atoms with Crippen molar-refractivity contribution in [2.45, 2.75) is 24.5 Å². The van der Waals surface area contributed by atoms with Gasteiger partial charge in [-0.15, -0.1) is 5.10 Å². The van der Waals surface area contributed by atoms with E-state index in [1.165, 1.54) is 10.9 Å². The lowest BCUT2D eigenvalue weighted by Crippen LogP contribution is -2.39. The molecule has 2 aromatic heterocycles. The van der Waals surface area contributed by atoms with Gasteiger partial charge < -0.3 is 20.1 Å². The highest BCUT2D eigenvalue weighted by atomic mass is 16.6. The smallest absolute Gasteiger partial charge is 0.330 e. The standard InChI is InChI=1S/C17H17N5O6/c23-8-12-13(24)14(25)16(28-12)21-7-11(15(26)18-17(21)27)22-6-10(19-20-22)9-4-2-1-3-5-9/h1-7,12-14,16,23-25H,8H2,(H,18,26,27)/t12-,13?,14+,16-/m1/s1. The van der Waals surface area contributed by atoms with Crippen LogP contribution in [-0.2, 0) is 4.74 Å². The van der Waals surface area contributed by atoms with Crippen LogP contribution >= 0.6 is 0 Å². The number of H-pyrrole nitrogens is 1. The third-order valence-electron chi connectivity index (χ3n) is 4.55. The Morgan fingerprint density at radius 1 is 1.11 bits per heavy atom. The van der Waals surface area contributed by atoms with Crippen molar-refractivity contribution in [3.63, 3.8) is 0 Å². The maximum atomic E-state index is 12.3. The molecular formula is C17H17N5O6. The zero-order valence-electron chi connectivity index (χ0n) is 14.4. The summed E-state index contributed by atoms with van der Waals surface area (Å²) in [6, 6.07) is 9.19. The number of aliphatic hydroxyl groups is 3. The van der Waals surface area contributed by atoms with Gasteiger partial charge in [0.1, 0.15) is 29.7 Å². The summed E-state index contributed by atoms with van der Waals surface area (Å²) in [6.07, 6.45) is -2.51. The van der Waals surface area contributed by atoms with Crippen molar-refractivity contribution in [3.8, 4) is 16.9 Å². The summed E-state index contributed by atoms with van der Waals surface area (Å²) < 4.78 is 7.48. The van der Waals surface area contributed by atoms with Crippen LogP contribution in [0, 0.1) is 0 Å². The van der Waals surface area contributed by atoms with Crippen LogP contribution in [0.3, 0.4) is 0 Å². The molecule has 146 valence electrons. The lowest BCUT2D eigenvalue weighted by molar-refractivity contribution is -0.0550. The minimum absolute atomic E-state index is 0.0352. The van der Waals surface area contributed by atoms with Gasteiger partial charge in [0.05, 0.1) is 12.8 Å². The van der Waals surface area contributed by atoms with E-state index in [1.54, 1.807) is 0 Å². The largest absolute Gasteiger partial charge is 0.394 e. The Labute approximate surface area is 157 Å². The van der Waals surface area contributed by atoms with E-state index < -0.39 is 42.4 Å². The summed E-state index contributed by atoms with van der Waals surface area (Å²) in [6.45, 7) is -0.538. The molecule has 1 saturated heterocycles. The summed E-state index contributed by atoms with van der Waals surface area (Å²) in [5.74, 6) is 0. The maximum Gasteiger partial charge on any atom is 0.330 e.